The Morgan fingerprint density at radius 3 is 2.94 bits per heavy atom. The Hall–Kier alpha value is -0.650. The fraction of sp³-hybridized carbons (Fsp3) is 0.583. The molecule has 3 nitrogen and oxygen atoms in total. The molecule has 0 spiro atoms. The van der Waals surface area contributed by atoms with E-state index in [1.54, 1.807) is 11.3 Å². The summed E-state index contributed by atoms with van der Waals surface area (Å²) in [5.74, 6) is 0. The first kappa shape index (κ1) is 14.4. The molecule has 0 saturated carbocycles. The normalized spacial score (nSPS) is 10.2. The largest absolute Gasteiger partial charge is 0.382 e. The standard InChI is InChI=1S/C12H20N2OS2/c1-2-15-9-4-7-13-12(16)14-8-6-11-5-3-10-17-11/h3,5,10H,2,4,6-9H2,1H3,(H2,13,14,16). The summed E-state index contributed by atoms with van der Waals surface area (Å²) in [7, 11) is 0. The van der Waals surface area contributed by atoms with Crippen molar-refractivity contribution in [2.75, 3.05) is 26.3 Å². The van der Waals surface area contributed by atoms with E-state index < -0.39 is 0 Å². The Bertz CT molecular complexity index is 301. The van der Waals surface area contributed by atoms with Gasteiger partial charge in [-0.15, -0.1) is 11.3 Å². The highest BCUT2D eigenvalue weighted by molar-refractivity contribution is 7.80. The smallest absolute Gasteiger partial charge is 0.166 e. The maximum absolute atomic E-state index is 5.24. The maximum atomic E-state index is 5.24. The van der Waals surface area contributed by atoms with Crippen molar-refractivity contribution >= 4 is 28.7 Å². The molecule has 0 aromatic carbocycles. The van der Waals surface area contributed by atoms with Crippen molar-refractivity contribution in [3.05, 3.63) is 22.4 Å². The minimum atomic E-state index is 0.734. The lowest BCUT2D eigenvalue weighted by Crippen LogP contribution is -2.37. The van der Waals surface area contributed by atoms with Crippen LogP contribution in [0.2, 0.25) is 0 Å². The van der Waals surface area contributed by atoms with Gasteiger partial charge in [0.25, 0.3) is 0 Å². The van der Waals surface area contributed by atoms with Crippen LogP contribution < -0.4 is 10.6 Å². The number of thiocarbonyl (C=S) groups is 1. The Kier molecular flexibility index (Phi) is 7.96. The zero-order valence-corrected chi connectivity index (χ0v) is 11.8. The van der Waals surface area contributed by atoms with Crippen LogP contribution in [0.5, 0.6) is 0 Å². The lowest BCUT2D eigenvalue weighted by atomic mass is 10.3. The summed E-state index contributed by atoms with van der Waals surface area (Å²) in [6, 6.07) is 4.22. The van der Waals surface area contributed by atoms with Gasteiger partial charge in [-0.05, 0) is 43.4 Å². The summed E-state index contributed by atoms with van der Waals surface area (Å²) in [4.78, 5) is 1.39. The Labute approximate surface area is 113 Å². The molecule has 0 fully saturated rings. The maximum Gasteiger partial charge on any atom is 0.166 e. The number of hydrogen-bond acceptors (Lipinski definition) is 3. The van der Waals surface area contributed by atoms with E-state index in [4.69, 9.17) is 17.0 Å². The van der Waals surface area contributed by atoms with Crippen molar-refractivity contribution in [3.63, 3.8) is 0 Å². The molecule has 0 aliphatic carbocycles. The van der Waals surface area contributed by atoms with E-state index in [1.807, 2.05) is 6.92 Å². The van der Waals surface area contributed by atoms with E-state index in [2.05, 4.69) is 28.1 Å². The highest BCUT2D eigenvalue weighted by atomic mass is 32.1. The third-order valence-corrected chi connectivity index (χ3v) is 3.42. The van der Waals surface area contributed by atoms with E-state index in [0.29, 0.717) is 0 Å². The van der Waals surface area contributed by atoms with E-state index >= 15 is 0 Å². The Morgan fingerprint density at radius 1 is 1.41 bits per heavy atom. The molecule has 0 unspecified atom stereocenters. The second-order valence-corrected chi connectivity index (χ2v) is 5.00. The molecule has 1 heterocycles. The zero-order valence-electron chi connectivity index (χ0n) is 10.2. The van der Waals surface area contributed by atoms with E-state index in [0.717, 1.165) is 44.3 Å². The van der Waals surface area contributed by atoms with Gasteiger partial charge in [-0.1, -0.05) is 6.07 Å². The van der Waals surface area contributed by atoms with E-state index in [-0.39, 0.29) is 0 Å². The van der Waals surface area contributed by atoms with Gasteiger partial charge in [-0.25, -0.2) is 0 Å². The number of nitrogens with one attached hydrogen (secondary N) is 2. The molecule has 1 aromatic rings. The Morgan fingerprint density at radius 2 is 2.24 bits per heavy atom. The van der Waals surface area contributed by atoms with Crippen molar-refractivity contribution in [2.24, 2.45) is 0 Å². The summed E-state index contributed by atoms with van der Waals surface area (Å²) >= 11 is 6.95. The second kappa shape index (κ2) is 9.39. The Balaban J connectivity index is 1.94. The predicted octanol–water partition coefficient (Wildman–Crippen LogP) is 2.18. The first-order valence-corrected chi connectivity index (χ1v) is 7.23. The molecule has 96 valence electrons. The molecule has 0 aliphatic heterocycles. The van der Waals surface area contributed by atoms with Crippen LogP contribution >= 0.6 is 23.6 Å². The molecule has 17 heavy (non-hydrogen) atoms. The van der Waals surface area contributed by atoms with Gasteiger partial charge >= 0.3 is 0 Å². The first-order valence-electron chi connectivity index (χ1n) is 5.94. The summed E-state index contributed by atoms with van der Waals surface area (Å²) in [6.07, 6.45) is 2.01. The molecule has 1 rings (SSSR count). The van der Waals surface area contributed by atoms with Crippen LogP contribution in [0.4, 0.5) is 0 Å². The summed E-state index contributed by atoms with van der Waals surface area (Å²) < 4.78 is 5.24. The molecule has 2 N–H and O–H groups in total. The van der Waals surface area contributed by atoms with Gasteiger partial charge in [0.2, 0.25) is 0 Å². The predicted molar refractivity (Wildman–Crippen MR) is 77.7 cm³/mol. The van der Waals surface area contributed by atoms with Crippen LogP contribution in [0.15, 0.2) is 17.5 Å². The molecular weight excluding hydrogens is 252 g/mol. The van der Waals surface area contributed by atoms with Crippen LogP contribution in [0.1, 0.15) is 18.2 Å². The lowest BCUT2D eigenvalue weighted by molar-refractivity contribution is 0.145. The topological polar surface area (TPSA) is 33.3 Å². The minimum absolute atomic E-state index is 0.734. The molecule has 0 radical (unpaired) electrons. The van der Waals surface area contributed by atoms with Gasteiger partial charge in [-0.3, -0.25) is 0 Å². The van der Waals surface area contributed by atoms with Gasteiger partial charge in [0.05, 0.1) is 0 Å². The quantitative estimate of drug-likeness (QED) is 0.561. The molecule has 0 bridgehead atoms. The summed E-state index contributed by atoms with van der Waals surface area (Å²) in [5, 5.41) is 9.19. The number of rotatable bonds is 8. The second-order valence-electron chi connectivity index (χ2n) is 3.56. The van der Waals surface area contributed by atoms with Crippen LogP contribution in [0.25, 0.3) is 0 Å². The third-order valence-electron chi connectivity index (χ3n) is 2.19. The van der Waals surface area contributed by atoms with Gasteiger partial charge in [0.15, 0.2) is 5.11 Å². The first-order chi connectivity index (χ1) is 8.33. The summed E-state index contributed by atoms with van der Waals surface area (Å²) in [5.41, 5.74) is 0. The average Bonchev–Trinajstić information content (AvgIpc) is 2.82. The van der Waals surface area contributed by atoms with Gasteiger partial charge < -0.3 is 15.4 Å². The molecule has 0 aliphatic rings. The highest BCUT2D eigenvalue weighted by Crippen LogP contribution is 2.07. The SMILES string of the molecule is CCOCCCNC(=S)NCCc1cccs1. The fourth-order valence-electron chi connectivity index (χ4n) is 1.34. The minimum Gasteiger partial charge on any atom is -0.382 e. The zero-order chi connectivity index (χ0) is 12.3. The van der Waals surface area contributed by atoms with E-state index in [1.165, 1.54) is 4.88 Å². The van der Waals surface area contributed by atoms with Crippen molar-refractivity contribution in [1.29, 1.82) is 0 Å². The number of hydrogen-bond donors (Lipinski definition) is 2. The fourth-order valence-corrected chi connectivity index (χ4v) is 2.25. The van der Waals surface area contributed by atoms with Gasteiger partial charge in [0, 0.05) is 31.2 Å². The van der Waals surface area contributed by atoms with Crippen molar-refractivity contribution in [1.82, 2.24) is 10.6 Å². The van der Waals surface area contributed by atoms with Crippen LogP contribution in [-0.4, -0.2) is 31.4 Å². The summed E-state index contributed by atoms with van der Waals surface area (Å²) in [6.45, 7) is 5.33. The monoisotopic (exact) mass is 272 g/mol. The average molecular weight is 272 g/mol. The van der Waals surface area contributed by atoms with Crippen LogP contribution in [-0.2, 0) is 11.2 Å². The molecular formula is C12H20N2OS2. The molecule has 0 atom stereocenters. The molecule has 0 saturated heterocycles. The molecule has 5 heteroatoms. The molecule has 1 aromatic heterocycles. The van der Waals surface area contributed by atoms with E-state index in [9.17, 15) is 0 Å². The van der Waals surface area contributed by atoms with Crippen molar-refractivity contribution in [3.8, 4) is 0 Å². The van der Waals surface area contributed by atoms with Crippen molar-refractivity contribution in [2.45, 2.75) is 19.8 Å². The highest BCUT2D eigenvalue weighted by Gasteiger charge is 1.96. The molecule has 0 amide bonds. The van der Waals surface area contributed by atoms with Gasteiger partial charge in [-0.2, -0.15) is 0 Å². The third kappa shape index (κ3) is 7.31. The van der Waals surface area contributed by atoms with Crippen LogP contribution in [0, 0.1) is 0 Å². The number of ether oxygens (including phenoxy) is 1. The van der Waals surface area contributed by atoms with Crippen LogP contribution in [0.3, 0.4) is 0 Å². The number of thiophene rings is 1. The lowest BCUT2D eigenvalue weighted by Gasteiger charge is -2.09. The van der Waals surface area contributed by atoms with Crippen molar-refractivity contribution < 1.29 is 4.74 Å². The van der Waals surface area contributed by atoms with Gasteiger partial charge in [0.1, 0.15) is 0 Å².